The van der Waals surface area contributed by atoms with Crippen molar-refractivity contribution in [1.82, 2.24) is 14.9 Å². The molecule has 0 saturated carbocycles. The van der Waals surface area contributed by atoms with Crippen LogP contribution < -0.4 is 5.32 Å². The molecule has 1 heterocycles. The van der Waals surface area contributed by atoms with Crippen molar-refractivity contribution in [3.8, 4) is 0 Å². The molecule has 0 spiro atoms. The lowest BCUT2D eigenvalue weighted by Gasteiger charge is -2.23. The van der Waals surface area contributed by atoms with Gasteiger partial charge in [-0.2, -0.15) is 0 Å². The molecule has 3 nitrogen and oxygen atoms in total. The predicted molar refractivity (Wildman–Crippen MR) is 76.7 cm³/mol. The van der Waals surface area contributed by atoms with E-state index in [1.165, 1.54) is 12.1 Å². The van der Waals surface area contributed by atoms with E-state index >= 15 is 0 Å². The number of imidazole rings is 1. The summed E-state index contributed by atoms with van der Waals surface area (Å²) < 4.78 is 15.1. The standard InChI is InChI=1S/C16H18FN3/c17-14-7-5-13(6-8-14)16(11-20-10-9-18-12-20)19-15-3-1-2-4-15/h1,3,5-10,12,15-16,19H,2,4,11H2. The molecule has 20 heavy (non-hydrogen) atoms. The summed E-state index contributed by atoms with van der Waals surface area (Å²) in [5.41, 5.74) is 1.10. The lowest BCUT2D eigenvalue weighted by Crippen LogP contribution is -2.32. The van der Waals surface area contributed by atoms with Gasteiger partial charge in [0.25, 0.3) is 0 Å². The first-order valence-electron chi connectivity index (χ1n) is 6.95. The van der Waals surface area contributed by atoms with Crippen LogP contribution in [-0.4, -0.2) is 15.6 Å². The van der Waals surface area contributed by atoms with Crippen molar-refractivity contribution < 1.29 is 4.39 Å². The first-order valence-corrected chi connectivity index (χ1v) is 6.95. The molecule has 0 saturated heterocycles. The van der Waals surface area contributed by atoms with Crippen LogP contribution in [0.3, 0.4) is 0 Å². The second-order valence-electron chi connectivity index (χ2n) is 5.14. The molecule has 0 amide bonds. The van der Waals surface area contributed by atoms with Crippen LogP contribution in [0, 0.1) is 5.82 Å². The molecule has 0 radical (unpaired) electrons. The van der Waals surface area contributed by atoms with Gasteiger partial charge in [0.2, 0.25) is 0 Å². The van der Waals surface area contributed by atoms with Crippen LogP contribution in [0.1, 0.15) is 24.4 Å². The first-order chi connectivity index (χ1) is 9.81. The number of nitrogens with one attached hydrogen (secondary N) is 1. The fraction of sp³-hybridized carbons (Fsp3) is 0.312. The Morgan fingerprint density at radius 3 is 2.85 bits per heavy atom. The minimum Gasteiger partial charge on any atom is -0.336 e. The Bertz CT molecular complexity index is 560. The summed E-state index contributed by atoms with van der Waals surface area (Å²) in [6, 6.07) is 7.28. The molecule has 3 rings (SSSR count). The van der Waals surface area contributed by atoms with E-state index < -0.39 is 0 Å². The fourth-order valence-electron chi connectivity index (χ4n) is 2.58. The Balaban J connectivity index is 1.78. The number of benzene rings is 1. The molecule has 2 atom stereocenters. The summed E-state index contributed by atoms with van der Waals surface area (Å²) in [4.78, 5) is 4.08. The average Bonchev–Trinajstić information content (AvgIpc) is 3.12. The third kappa shape index (κ3) is 3.14. The van der Waals surface area contributed by atoms with Crippen molar-refractivity contribution in [1.29, 1.82) is 0 Å². The Morgan fingerprint density at radius 2 is 2.20 bits per heavy atom. The number of hydrogen-bond donors (Lipinski definition) is 1. The maximum absolute atomic E-state index is 13.1. The van der Waals surface area contributed by atoms with Gasteiger partial charge in [-0.3, -0.25) is 0 Å². The quantitative estimate of drug-likeness (QED) is 0.847. The molecule has 104 valence electrons. The Kier molecular flexibility index (Phi) is 3.92. The zero-order valence-corrected chi connectivity index (χ0v) is 11.2. The van der Waals surface area contributed by atoms with Crippen LogP contribution in [0.2, 0.25) is 0 Å². The summed E-state index contributed by atoms with van der Waals surface area (Å²) >= 11 is 0. The molecule has 2 aromatic rings. The molecular formula is C16H18FN3. The van der Waals surface area contributed by atoms with Gasteiger partial charge >= 0.3 is 0 Å². The number of hydrogen-bond acceptors (Lipinski definition) is 2. The van der Waals surface area contributed by atoms with Crippen molar-refractivity contribution in [3.05, 3.63) is 66.5 Å². The van der Waals surface area contributed by atoms with E-state index in [1.807, 2.05) is 29.2 Å². The molecular weight excluding hydrogens is 253 g/mol. The molecule has 1 N–H and O–H groups in total. The van der Waals surface area contributed by atoms with Crippen molar-refractivity contribution in [2.45, 2.75) is 31.5 Å². The molecule has 4 heteroatoms. The van der Waals surface area contributed by atoms with Gasteiger partial charge in [0.15, 0.2) is 0 Å². The van der Waals surface area contributed by atoms with Crippen LogP contribution in [0.4, 0.5) is 4.39 Å². The Morgan fingerprint density at radius 1 is 1.35 bits per heavy atom. The average molecular weight is 271 g/mol. The lowest BCUT2D eigenvalue weighted by atomic mass is 10.1. The zero-order valence-electron chi connectivity index (χ0n) is 11.2. The predicted octanol–water partition coefficient (Wildman–Crippen LogP) is 3.07. The summed E-state index contributed by atoms with van der Waals surface area (Å²) in [7, 11) is 0. The van der Waals surface area contributed by atoms with Crippen LogP contribution in [0.25, 0.3) is 0 Å². The molecule has 0 bridgehead atoms. The highest BCUT2D eigenvalue weighted by Gasteiger charge is 2.17. The summed E-state index contributed by atoms with van der Waals surface area (Å²) in [6.07, 6.45) is 12.2. The van der Waals surface area contributed by atoms with Gasteiger partial charge in [0.1, 0.15) is 5.82 Å². The second kappa shape index (κ2) is 6.01. The smallest absolute Gasteiger partial charge is 0.123 e. The number of aromatic nitrogens is 2. The topological polar surface area (TPSA) is 29.9 Å². The van der Waals surface area contributed by atoms with E-state index in [-0.39, 0.29) is 11.9 Å². The highest BCUT2D eigenvalue weighted by Crippen LogP contribution is 2.20. The minimum absolute atomic E-state index is 0.151. The molecule has 2 unspecified atom stereocenters. The monoisotopic (exact) mass is 271 g/mol. The summed E-state index contributed by atoms with van der Waals surface area (Å²) in [5.74, 6) is -0.198. The fourth-order valence-corrected chi connectivity index (χ4v) is 2.58. The normalized spacial score (nSPS) is 19.4. The number of allylic oxidation sites excluding steroid dienone is 1. The van der Waals surface area contributed by atoms with Crippen LogP contribution >= 0.6 is 0 Å². The van der Waals surface area contributed by atoms with Gasteiger partial charge in [0, 0.05) is 25.0 Å². The van der Waals surface area contributed by atoms with Gasteiger partial charge in [-0.15, -0.1) is 0 Å². The van der Waals surface area contributed by atoms with Crippen LogP contribution in [-0.2, 0) is 6.54 Å². The van der Waals surface area contributed by atoms with Crippen molar-refractivity contribution in [2.75, 3.05) is 0 Å². The van der Waals surface area contributed by atoms with E-state index in [1.54, 1.807) is 6.20 Å². The van der Waals surface area contributed by atoms with Gasteiger partial charge < -0.3 is 9.88 Å². The Hall–Kier alpha value is -1.94. The van der Waals surface area contributed by atoms with E-state index in [0.29, 0.717) is 6.04 Å². The molecule has 1 aliphatic carbocycles. The van der Waals surface area contributed by atoms with Crippen molar-refractivity contribution >= 4 is 0 Å². The number of nitrogens with zero attached hydrogens (tertiary/aromatic N) is 2. The van der Waals surface area contributed by atoms with E-state index in [2.05, 4.69) is 22.5 Å². The number of rotatable bonds is 5. The molecule has 0 fully saturated rings. The minimum atomic E-state index is -0.198. The van der Waals surface area contributed by atoms with Crippen molar-refractivity contribution in [2.24, 2.45) is 0 Å². The summed E-state index contributed by atoms with van der Waals surface area (Å²) in [5, 5.41) is 3.63. The zero-order chi connectivity index (χ0) is 13.8. The SMILES string of the molecule is Fc1ccc(C(Cn2ccnc2)NC2C=CCC2)cc1. The highest BCUT2D eigenvalue weighted by atomic mass is 19.1. The third-order valence-electron chi connectivity index (χ3n) is 3.65. The molecule has 1 aliphatic rings. The largest absolute Gasteiger partial charge is 0.336 e. The maximum atomic E-state index is 13.1. The first kappa shape index (κ1) is 13.1. The second-order valence-corrected chi connectivity index (χ2v) is 5.14. The van der Waals surface area contributed by atoms with Crippen LogP contribution in [0.15, 0.2) is 55.1 Å². The van der Waals surface area contributed by atoms with E-state index in [4.69, 9.17) is 0 Å². The maximum Gasteiger partial charge on any atom is 0.123 e. The summed E-state index contributed by atoms with van der Waals surface area (Å²) in [6.45, 7) is 0.788. The number of halogens is 1. The molecule has 0 aliphatic heterocycles. The van der Waals surface area contributed by atoms with Gasteiger partial charge in [0.05, 0.1) is 12.4 Å². The molecule has 1 aromatic heterocycles. The van der Waals surface area contributed by atoms with E-state index in [9.17, 15) is 4.39 Å². The van der Waals surface area contributed by atoms with Gasteiger partial charge in [-0.25, -0.2) is 9.37 Å². The van der Waals surface area contributed by atoms with Crippen molar-refractivity contribution in [3.63, 3.8) is 0 Å². The third-order valence-corrected chi connectivity index (χ3v) is 3.65. The molecule has 1 aromatic carbocycles. The lowest BCUT2D eigenvalue weighted by molar-refractivity contribution is 0.426. The van der Waals surface area contributed by atoms with Gasteiger partial charge in [-0.05, 0) is 30.5 Å². The van der Waals surface area contributed by atoms with Crippen LogP contribution in [0.5, 0.6) is 0 Å². The van der Waals surface area contributed by atoms with E-state index in [0.717, 1.165) is 24.9 Å². The Labute approximate surface area is 118 Å². The van der Waals surface area contributed by atoms with Gasteiger partial charge in [-0.1, -0.05) is 24.3 Å². The highest BCUT2D eigenvalue weighted by molar-refractivity contribution is 5.21.